The number of carbonyl (C=O) groups excluding carboxylic acids is 2. The molecular formula is C21H21N3O4. The fourth-order valence-corrected chi connectivity index (χ4v) is 2.89. The number of rotatable bonds is 5. The largest absolute Gasteiger partial charge is 0.449 e. The Morgan fingerprint density at radius 1 is 1.14 bits per heavy atom. The number of hydrogen-bond donors (Lipinski definition) is 1. The number of amides is 1. The summed E-state index contributed by atoms with van der Waals surface area (Å²) in [6.07, 6.45) is -0.887. The number of carbonyl (C=O) groups is 2. The van der Waals surface area contributed by atoms with E-state index in [4.69, 9.17) is 4.74 Å². The van der Waals surface area contributed by atoms with Crippen molar-refractivity contribution in [1.29, 1.82) is 0 Å². The molecule has 0 spiro atoms. The number of nitrogens with zero attached hydrogens (tertiary/aromatic N) is 2. The van der Waals surface area contributed by atoms with E-state index in [0.29, 0.717) is 34.5 Å². The molecule has 0 saturated heterocycles. The van der Waals surface area contributed by atoms with Crippen LogP contribution in [0.4, 0.5) is 0 Å². The first-order valence-corrected chi connectivity index (χ1v) is 9.00. The molecule has 2 aromatic carbocycles. The molecule has 144 valence electrons. The Kier molecular flexibility index (Phi) is 5.54. The van der Waals surface area contributed by atoms with Crippen LogP contribution in [0.25, 0.3) is 16.6 Å². The zero-order chi connectivity index (χ0) is 20.3. The van der Waals surface area contributed by atoms with Crippen LogP contribution in [-0.2, 0) is 9.53 Å². The van der Waals surface area contributed by atoms with Crippen LogP contribution in [0.2, 0.25) is 0 Å². The molecule has 0 fully saturated rings. The van der Waals surface area contributed by atoms with Crippen LogP contribution in [0, 0.1) is 6.92 Å². The summed E-state index contributed by atoms with van der Waals surface area (Å²) < 4.78 is 6.66. The lowest BCUT2D eigenvalue weighted by Crippen LogP contribution is -2.35. The standard InChI is InChI=1S/C21H21N3O4/c1-4-22-19(25)13(2)28-21(27)15-9-11-16(12-10-15)24-14(3)23-18-8-6-5-7-17(18)20(24)26/h5-13H,4H2,1-3H3,(H,22,25)/t13-/m0/s1. The van der Waals surface area contributed by atoms with Crippen LogP contribution >= 0.6 is 0 Å². The maximum absolute atomic E-state index is 12.8. The third-order valence-corrected chi connectivity index (χ3v) is 4.31. The molecule has 1 N–H and O–H groups in total. The normalized spacial score (nSPS) is 11.8. The Morgan fingerprint density at radius 3 is 2.50 bits per heavy atom. The van der Waals surface area contributed by atoms with Gasteiger partial charge in [-0.15, -0.1) is 0 Å². The van der Waals surface area contributed by atoms with E-state index in [1.165, 1.54) is 11.5 Å². The van der Waals surface area contributed by atoms with Gasteiger partial charge < -0.3 is 10.1 Å². The van der Waals surface area contributed by atoms with Gasteiger partial charge in [0.05, 0.1) is 22.2 Å². The zero-order valence-corrected chi connectivity index (χ0v) is 15.9. The van der Waals surface area contributed by atoms with Crippen molar-refractivity contribution < 1.29 is 14.3 Å². The van der Waals surface area contributed by atoms with Crippen LogP contribution in [0.5, 0.6) is 0 Å². The quantitative estimate of drug-likeness (QED) is 0.688. The third-order valence-electron chi connectivity index (χ3n) is 4.31. The molecule has 0 radical (unpaired) electrons. The van der Waals surface area contributed by atoms with Crippen LogP contribution in [0.15, 0.2) is 53.3 Å². The van der Waals surface area contributed by atoms with Crippen molar-refractivity contribution in [1.82, 2.24) is 14.9 Å². The highest BCUT2D eigenvalue weighted by Crippen LogP contribution is 2.14. The van der Waals surface area contributed by atoms with Crippen molar-refractivity contribution in [2.45, 2.75) is 26.9 Å². The molecule has 7 nitrogen and oxygen atoms in total. The lowest BCUT2D eigenvalue weighted by molar-refractivity contribution is -0.128. The van der Waals surface area contributed by atoms with Gasteiger partial charge in [-0.1, -0.05) is 12.1 Å². The smallest absolute Gasteiger partial charge is 0.338 e. The minimum Gasteiger partial charge on any atom is -0.449 e. The average molecular weight is 379 g/mol. The van der Waals surface area contributed by atoms with Gasteiger partial charge in [0.1, 0.15) is 5.82 Å². The summed E-state index contributed by atoms with van der Waals surface area (Å²) in [6, 6.07) is 13.6. The second kappa shape index (κ2) is 8.04. The Morgan fingerprint density at radius 2 is 1.82 bits per heavy atom. The van der Waals surface area contributed by atoms with Crippen LogP contribution < -0.4 is 10.9 Å². The summed E-state index contributed by atoms with van der Waals surface area (Å²) in [5.74, 6) is -0.410. The first kappa shape index (κ1) is 19.3. The molecule has 1 atom stereocenters. The van der Waals surface area contributed by atoms with Gasteiger partial charge in [0, 0.05) is 6.54 Å². The van der Waals surface area contributed by atoms with E-state index in [9.17, 15) is 14.4 Å². The molecule has 0 unspecified atom stereocenters. The van der Waals surface area contributed by atoms with Crippen molar-refractivity contribution in [3.05, 3.63) is 70.3 Å². The molecule has 0 aliphatic carbocycles. The molecule has 1 amide bonds. The number of ether oxygens (including phenoxy) is 1. The predicted molar refractivity (Wildman–Crippen MR) is 106 cm³/mol. The van der Waals surface area contributed by atoms with E-state index in [0.717, 1.165) is 0 Å². The number of fused-ring (bicyclic) bond motifs is 1. The summed E-state index contributed by atoms with van der Waals surface area (Å²) >= 11 is 0. The summed E-state index contributed by atoms with van der Waals surface area (Å²) in [5, 5.41) is 3.12. The van der Waals surface area contributed by atoms with E-state index in [2.05, 4.69) is 10.3 Å². The molecule has 7 heteroatoms. The Bertz CT molecular complexity index is 1090. The zero-order valence-electron chi connectivity index (χ0n) is 15.9. The van der Waals surface area contributed by atoms with E-state index < -0.39 is 12.1 Å². The van der Waals surface area contributed by atoms with E-state index in [1.807, 2.05) is 6.07 Å². The third kappa shape index (κ3) is 3.78. The van der Waals surface area contributed by atoms with E-state index in [1.54, 1.807) is 56.3 Å². The summed E-state index contributed by atoms with van der Waals surface area (Å²) in [7, 11) is 0. The second-order valence-corrected chi connectivity index (χ2v) is 6.31. The van der Waals surface area contributed by atoms with Crippen LogP contribution in [0.3, 0.4) is 0 Å². The number of likely N-dealkylation sites (N-methyl/N-ethyl adjacent to an activating group) is 1. The topological polar surface area (TPSA) is 90.3 Å². The van der Waals surface area contributed by atoms with Gasteiger partial charge in [-0.25, -0.2) is 9.78 Å². The highest BCUT2D eigenvalue weighted by Gasteiger charge is 2.18. The van der Waals surface area contributed by atoms with Crippen LogP contribution in [-0.4, -0.2) is 34.1 Å². The maximum Gasteiger partial charge on any atom is 0.338 e. The monoisotopic (exact) mass is 379 g/mol. The Hall–Kier alpha value is -3.48. The van der Waals surface area contributed by atoms with E-state index in [-0.39, 0.29) is 11.5 Å². The lowest BCUT2D eigenvalue weighted by Gasteiger charge is -2.13. The second-order valence-electron chi connectivity index (χ2n) is 6.31. The van der Waals surface area contributed by atoms with E-state index >= 15 is 0 Å². The number of aryl methyl sites for hydroxylation is 1. The minimum atomic E-state index is -0.887. The summed E-state index contributed by atoms with van der Waals surface area (Å²) in [5.41, 5.74) is 1.34. The van der Waals surface area contributed by atoms with Crippen molar-refractivity contribution in [2.75, 3.05) is 6.54 Å². The van der Waals surface area contributed by atoms with Crippen molar-refractivity contribution in [2.24, 2.45) is 0 Å². The van der Waals surface area contributed by atoms with Crippen LogP contribution in [0.1, 0.15) is 30.0 Å². The van der Waals surface area contributed by atoms with Gasteiger partial charge in [0.25, 0.3) is 11.5 Å². The van der Waals surface area contributed by atoms with Gasteiger partial charge in [0.2, 0.25) is 0 Å². The number of nitrogens with one attached hydrogen (secondary N) is 1. The molecule has 0 bridgehead atoms. The Balaban J connectivity index is 1.87. The minimum absolute atomic E-state index is 0.178. The number of para-hydroxylation sites is 1. The van der Waals surface area contributed by atoms with Gasteiger partial charge in [-0.05, 0) is 57.2 Å². The first-order valence-electron chi connectivity index (χ1n) is 9.00. The molecule has 1 heterocycles. The SMILES string of the molecule is CCNC(=O)[C@H](C)OC(=O)c1ccc(-n2c(C)nc3ccccc3c2=O)cc1. The summed E-state index contributed by atoms with van der Waals surface area (Å²) in [6.45, 7) is 5.52. The number of aromatic nitrogens is 2. The number of benzene rings is 2. The molecule has 3 rings (SSSR count). The van der Waals surface area contributed by atoms with Crippen molar-refractivity contribution >= 4 is 22.8 Å². The molecule has 28 heavy (non-hydrogen) atoms. The number of esters is 1. The Labute approximate surface area is 162 Å². The molecular weight excluding hydrogens is 358 g/mol. The van der Waals surface area contributed by atoms with Gasteiger partial charge in [0.15, 0.2) is 6.10 Å². The van der Waals surface area contributed by atoms with Gasteiger partial charge in [-0.3, -0.25) is 14.2 Å². The molecule has 0 saturated carbocycles. The molecule has 0 aliphatic rings. The average Bonchev–Trinajstić information content (AvgIpc) is 2.68. The number of hydrogen-bond acceptors (Lipinski definition) is 5. The molecule has 0 aliphatic heterocycles. The molecule has 1 aromatic heterocycles. The first-order chi connectivity index (χ1) is 13.4. The van der Waals surface area contributed by atoms with Crippen molar-refractivity contribution in [3.8, 4) is 5.69 Å². The fraction of sp³-hybridized carbons (Fsp3) is 0.238. The van der Waals surface area contributed by atoms with Crippen molar-refractivity contribution in [3.63, 3.8) is 0 Å². The molecule has 3 aromatic rings. The summed E-state index contributed by atoms with van der Waals surface area (Å²) in [4.78, 5) is 41.2. The predicted octanol–water partition coefficient (Wildman–Crippen LogP) is 2.38. The highest BCUT2D eigenvalue weighted by molar-refractivity contribution is 5.92. The lowest BCUT2D eigenvalue weighted by atomic mass is 10.2. The van der Waals surface area contributed by atoms with Gasteiger partial charge in [-0.2, -0.15) is 0 Å². The fourth-order valence-electron chi connectivity index (χ4n) is 2.89. The van der Waals surface area contributed by atoms with Gasteiger partial charge >= 0.3 is 5.97 Å². The maximum atomic E-state index is 12.8. The highest BCUT2D eigenvalue weighted by atomic mass is 16.5.